The Balaban J connectivity index is 2.32. The summed E-state index contributed by atoms with van der Waals surface area (Å²) in [5, 5.41) is 0. The molecule has 1 aromatic rings. The van der Waals surface area contributed by atoms with E-state index < -0.39 is 12.2 Å². The molecule has 0 spiro atoms. The highest BCUT2D eigenvalue weighted by atomic mass is 79.9. The van der Waals surface area contributed by atoms with Gasteiger partial charge in [0, 0.05) is 29.2 Å². The highest BCUT2D eigenvalue weighted by Crippen LogP contribution is 2.15. The van der Waals surface area contributed by atoms with Gasteiger partial charge in [0.15, 0.2) is 0 Å². The van der Waals surface area contributed by atoms with Crippen LogP contribution in [0.5, 0.6) is 5.88 Å². The van der Waals surface area contributed by atoms with Gasteiger partial charge in [-0.2, -0.15) is 0 Å². The second-order valence-electron chi connectivity index (χ2n) is 3.32. The maximum atomic E-state index is 13.1. The Labute approximate surface area is 97.0 Å². The van der Waals surface area contributed by atoms with Gasteiger partial charge in [-0.05, 0) is 13.0 Å². The number of nitrogens with two attached hydrogens (primary N) is 1. The van der Waals surface area contributed by atoms with Crippen molar-refractivity contribution in [1.82, 2.24) is 4.98 Å². The lowest BCUT2D eigenvalue weighted by atomic mass is 10.2. The average Bonchev–Trinajstić information content (AvgIpc) is 2.17. The first-order valence-electron chi connectivity index (χ1n) is 4.73. The lowest BCUT2D eigenvalue weighted by molar-refractivity contribution is 0.211. The lowest BCUT2D eigenvalue weighted by Gasteiger charge is -2.12. The number of aromatic nitrogens is 1. The molecule has 84 valence electrons. The summed E-state index contributed by atoms with van der Waals surface area (Å²) in [7, 11) is 0. The Morgan fingerprint density at radius 2 is 2.40 bits per heavy atom. The first kappa shape index (κ1) is 12.4. The molecule has 5 heteroatoms. The molecule has 0 amide bonds. The molecule has 0 bridgehead atoms. The average molecular weight is 277 g/mol. The quantitative estimate of drug-likeness (QED) is 0.898. The van der Waals surface area contributed by atoms with E-state index in [2.05, 4.69) is 20.9 Å². The summed E-state index contributed by atoms with van der Waals surface area (Å²) < 4.78 is 19.2. The van der Waals surface area contributed by atoms with E-state index in [0.717, 1.165) is 4.47 Å². The number of hydrogen-bond donors (Lipinski definition) is 1. The van der Waals surface area contributed by atoms with Gasteiger partial charge in [-0.15, -0.1) is 0 Å². The van der Waals surface area contributed by atoms with Gasteiger partial charge < -0.3 is 10.5 Å². The van der Waals surface area contributed by atoms with Gasteiger partial charge in [0.05, 0.1) is 6.61 Å². The van der Waals surface area contributed by atoms with Crippen molar-refractivity contribution in [3.05, 3.63) is 22.8 Å². The molecule has 0 aromatic carbocycles. The van der Waals surface area contributed by atoms with Crippen LogP contribution in [0.15, 0.2) is 22.8 Å². The van der Waals surface area contributed by atoms with E-state index >= 15 is 0 Å². The van der Waals surface area contributed by atoms with E-state index in [0.29, 0.717) is 5.88 Å². The molecule has 1 heterocycles. The summed E-state index contributed by atoms with van der Waals surface area (Å²) in [5.74, 6) is 0.487. The molecule has 1 rings (SSSR count). The minimum atomic E-state index is -1.03. The van der Waals surface area contributed by atoms with E-state index in [9.17, 15) is 4.39 Å². The third-order valence-corrected chi connectivity index (χ3v) is 2.40. The van der Waals surface area contributed by atoms with E-state index in [1.807, 2.05) is 0 Å². The first-order valence-corrected chi connectivity index (χ1v) is 5.53. The van der Waals surface area contributed by atoms with E-state index in [-0.39, 0.29) is 13.0 Å². The summed E-state index contributed by atoms with van der Waals surface area (Å²) >= 11 is 3.29. The van der Waals surface area contributed by atoms with Crippen molar-refractivity contribution in [3.8, 4) is 5.88 Å². The molecular weight excluding hydrogens is 263 g/mol. The number of alkyl halides is 1. The minimum Gasteiger partial charge on any atom is -0.478 e. The van der Waals surface area contributed by atoms with Crippen LogP contribution < -0.4 is 10.5 Å². The summed E-state index contributed by atoms with van der Waals surface area (Å²) in [6.45, 7) is 1.92. The van der Waals surface area contributed by atoms with Crippen LogP contribution in [0.1, 0.15) is 13.3 Å². The minimum absolute atomic E-state index is 0.284. The Morgan fingerprint density at radius 1 is 1.67 bits per heavy atom. The molecule has 3 nitrogen and oxygen atoms in total. The van der Waals surface area contributed by atoms with Crippen LogP contribution in [0.3, 0.4) is 0 Å². The lowest BCUT2D eigenvalue weighted by Crippen LogP contribution is -2.29. The first-order chi connectivity index (χ1) is 7.09. The predicted octanol–water partition coefficient (Wildman–Crippen LogP) is 2.30. The summed E-state index contributed by atoms with van der Waals surface area (Å²) in [4.78, 5) is 3.98. The molecular formula is C10H14BrFN2O. The Kier molecular flexibility index (Phi) is 4.98. The largest absolute Gasteiger partial charge is 0.478 e. The number of halogens is 2. The van der Waals surface area contributed by atoms with E-state index in [1.54, 1.807) is 25.3 Å². The van der Waals surface area contributed by atoms with E-state index in [4.69, 9.17) is 10.5 Å². The molecule has 1 unspecified atom stereocenters. The third kappa shape index (κ3) is 4.57. The zero-order valence-corrected chi connectivity index (χ0v) is 10.1. The van der Waals surface area contributed by atoms with Crippen molar-refractivity contribution in [1.29, 1.82) is 0 Å². The van der Waals surface area contributed by atoms with Crippen LogP contribution in [-0.4, -0.2) is 23.8 Å². The normalized spacial score (nSPS) is 14.7. The van der Waals surface area contributed by atoms with Gasteiger partial charge in [-0.3, -0.25) is 0 Å². The van der Waals surface area contributed by atoms with Gasteiger partial charge >= 0.3 is 0 Å². The van der Waals surface area contributed by atoms with Crippen LogP contribution in [0.25, 0.3) is 0 Å². The third-order valence-electron chi connectivity index (χ3n) is 1.91. The van der Waals surface area contributed by atoms with Crippen molar-refractivity contribution in [2.24, 2.45) is 5.73 Å². The summed E-state index contributed by atoms with van der Waals surface area (Å²) in [6.07, 6.45) is 0.876. The molecule has 0 aliphatic carbocycles. The Bertz CT molecular complexity index is 309. The van der Waals surface area contributed by atoms with Crippen molar-refractivity contribution in [3.63, 3.8) is 0 Å². The Hall–Kier alpha value is -0.680. The number of rotatable bonds is 5. The fourth-order valence-corrected chi connectivity index (χ4v) is 1.32. The topological polar surface area (TPSA) is 48.1 Å². The molecule has 0 aliphatic rings. The zero-order chi connectivity index (χ0) is 11.3. The van der Waals surface area contributed by atoms with Crippen molar-refractivity contribution in [2.75, 3.05) is 6.61 Å². The van der Waals surface area contributed by atoms with Crippen LogP contribution in [0, 0.1) is 0 Å². The SMILES string of the molecule is C[C@H](N)C(F)CCOc1cc(Br)ccn1. The number of hydrogen-bond acceptors (Lipinski definition) is 3. The van der Waals surface area contributed by atoms with Gasteiger partial charge in [0.25, 0.3) is 0 Å². The predicted molar refractivity (Wildman–Crippen MR) is 60.6 cm³/mol. The van der Waals surface area contributed by atoms with Gasteiger partial charge in [-0.25, -0.2) is 9.37 Å². The van der Waals surface area contributed by atoms with Gasteiger partial charge in [0.1, 0.15) is 6.17 Å². The highest BCUT2D eigenvalue weighted by Gasteiger charge is 2.11. The fraction of sp³-hybridized carbons (Fsp3) is 0.500. The second kappa shape index (κ2) is 6.02. The molecule has 1 aromatic heterocycles. The van der Waals surface area contributed by atoms with Crippen LogP contribution >= 0.6 is 15.9 Å². The highest BCUT2D eigenvalue weighted by molar-refractivity contribution is 9.10. The molecule has 0 saturated carbocycles. The monoisotopic (exact) mass is 276 g/mol. The summed E-state index contributed by atoms with van der Waals surface area (Å²) in [5.41, 5.74) is 5.39. The van der Waals surface area contributed by atoms with Crippen molar-refractivity contribution >= 4 is 15.9 Å². The molecule has 0 saturated heterocycles. The standard InChI is InChI=1S/C10H14BrFN2O/c1-7(13)9(12)3-5-15-10-6-8(11)2-4-14-10/h2,4,6-7,9H,3,5,13H2,1H3/t7-,9?/m0/s1. The van der Waals surface area contributed by atoms with Gasteiger partial charge in [0.2, 0.25) is 5.88 Å². The Morgan fingerprint density at radius 3 is 3.00 bits per heavy atom. The summed E-state index contributed by atoms with van der Waals surface area (Å²) in [6, 6.07) is 3.08. The molecule has 2 atom stereocenters. The van der Waals surface area contributed by atoms with Gasteiger partial charge in [-0.1, -0.05) is 15.9 Å². The van der Waals surface area contributed by atoms with Crippen LogP contribution in [0.2, 0.25) is 0 Å². The molecule has 0 radical (unpaired) electrons. The van der Waals surface area contributed by atoms with Crippen LogP contribution in [0.4, 0.5) is 4.39 Å². The zero-order valence-electron chi connectivity index (χ0n) is 8.49. The van der Waals surface area contributed by atoms with E-state index in [1.165, 1.54) is 0 Å². The number of nitrogens with zero attached hydrogens (tertiary/aromatic N) is 1. The molecule has 15 heavy (non-hydrogen) atoms. The maximum Gasteiger partial charge on any atom is 0.214 e. The van der Waals surface area contributed by atoms with Crippen molar-refractivity contribution < 1.29 is 9.13 Å². The molecule has 0 aliphatic heterocycles. The number of pyridine rings is 1. The maximum absolute atomic E-state index is 13.1. The van der Waals surface area contributed by atoms with Crippen molar-refractivity contribution in [2.45, 2.75) is 25.6 Å². The molecule has 2 N–H and O–H groups in total. The smallest absolute Gasteiger partial charge is 0.214 e. The molecule has 0 fully saturated rings. The fourth-order valence-electron chi connectivity index (χ4n) is 1.00. The second-order valence-corrected chi connectivity index (χ2v) is 4.24. The number of ether oxygens (including phenoxy) is 1. The van der Waals surface area contributed by atoms with Crippen LogP contribution in [-0.2, 0) is 0 Å².